The van der Waals surface area contributed by atoms with Gasteiger partial charge in [-0.3, -0.25) is 4.57 Å². The van der Waals surface area contributed by atoms with Crippen LogP contribution in [0.2, 0.25) is 0 Å². The Kier molecular flexibility index (Phi) is 12.4. The van der Waals surface area contributed by atoms with Gasteiger partial charge in [0, 0.05) is 41.5 Å². The van der Waals surface area contributed by atoms with Gasteiger partial charge in [-0.25, -0.2) is 4.79 Å². The number of para-hydroxylation sites is 2. The smallest absolute Gasteiger partial charge is 0.330 e. The maximum Gasteiger partial charge on any atom is 0.330 e. The lowest BCUT2D eigenvalue weighted by Crippen LogP contribution is -3.08. The van der Waals surface area contributed by atoms with Crippen LogP contribution >= 0.6 is 0 Å². The van der Waals surface area contributed by atoms with Crippen molar-refractivity contribution in [1.82, 2.24) is 9.55 Å². The molecule has 2 aliphatic carbocycles. The van der Waals surface area contributed by atoms with E-state index in [0.29, 0.717) is 5.41 Å². The van der Waals surface area contributed by atoms with Crippen LogP contribution in [0, 0.1) is 21.1 Å². The highest BCUT2D eigenvalue weighted by molar-refractivity contribution is 5.89. The van der Waals surface area contributed by atoms with Gasteiger partial charge in [0.1, 0.15) is 0 Å². The van der Waals surface area contributed by atoms with Crippen molar-refractivity contribution in [2.24, 2.45) is 0 Å². The molecule has 4 N–H and O–H groups in total. The van der Waals surface area contributed by atoms with E-state index in [1.165, 1.54) is 90.4 Å². The molecule has 0 saturated carbocycles. The molecule has 1 fully saturated rings. The van der Waals surface area contributed by atoms with Gasteiger partial charge in [-0.15, -0.1) is 0 Å². The summed E-state index contributed by atoms with van der Waals surface area (Å²) in [5.74, 6) is 0. The monoisotopic (exact) mass is 781 g/mol. The Hall–Kier alpha value is -5.53. The second kappa shape index (κ2) is 18.2. The van der Waals surface area contributed by atoms with E-state index >= 15 is 0 Å². The lowest BCUT2D eigenvalue weighted by Gasteiger charge is -2.38. The number of nitrogens with zero attached hydrogens (tertiary/aromatic N) is 1. The summed E-state index contributed by atoms with van der Waals surface area (Å²) in [6.45, 7) is 10.3. The molecular formula is C53H59N5O. The van der Waals surface area contributed by atoms with Gasteiger partial charge in [0.2, 0.25) is 0 Å². The number of H-pyrrole nitrogens is 1. The van der Waals surface area contributed by atoms with Crippen LogP contribution in [0.3, 0.4) is 0 Å². The van der Waals surface area contributed by atoms with Crippen LogP contribution in [0.4, 0.5) is 0 Å². The topological polar surface area (TPSA) is 51.1 Å². The third-order valence-electron chi connectivity index (χ3n) is 12.7. The summed E-state index contributed by atoms with van der Waals surface area (Å²) < 4.78 is 1.78. The molecule has 3 aliphatic heterocycles. The van der Waals surface area contributed by atoms with Crippen molar-refractivity contribution in [3.05, 3.63) is 205 Å². The van der Waals surface area contributed by atoms with E-state index in [1.807, 2.05) is 24.3 Å². The van der Waals surface area contributed by atoms with E-state index in [9.17, 15) is 4.79 Å². The van der Waals surface area contributed by atoms with Crippen LogP contribution in [0.25, 0.3) is 39.2 Å². The molecule has 5 aromatic carbocycles. The van der Waals surface area contributed by atoms with Gasteiger partial charge in [0.25, 0.3) is 0 Å². The molecule has 6 aromatic rings. The number of piperidine rings is 1. The van der Waals surface area contributed by atoms with Crippen LogP contribution in [-0.2, 0) is 18.5 Å². The normalized spacial score (nSPS) is 21.9. The van der Waals surface area contributed by atoms with E-state index in [-0.39, 0.29) is 5.69 Å². The van der Waals surface area contributed by atoms with Gasteiger partial charge < -0.3 is 19.7 Å². The standard InChI is InChI=1S/C14H17N.C13H15N3O.C13H13N.C13H14/c1-15-10-8-14(9-11-15)7-6-12-4-2-3-5-13(12)14;1-15-8-6-10(7-9-15)16-12-5-3-2-4-11(12)14-13(16)17;1-14-8-11-6-2-4-10-5-3-7-12(9-14)13(10)11;1-11-7-9-13(10-8-11)12-5-3-2-4-6-12/h2-7,15H,1,8-11H2;2-6,15H,1,7-9H2,(H,14,17);2-7,14H,1,8-9H2;2-6,9H,1,7-8,10H2. The maximum absolute atomic E-state index is 12.0. The van der Waals surface area contributed by atoms with E-state index in [4.69, 9.17) is 0 Å². The number of allylic oxidation sites excluding steroid dienone is 4. The average molecular weight is 782 g/mol. The van der Waals surface area contributed by atoms with Crippen molar-refractivity contribution in [3.8, 4) is 0 Å². The number of quaternary nitrogens is 3. The molecule has 1 unspecified atom stereocenters. The number of benzene rings is 5. The lowest BCUT2D eigenvalue weighted by atomic mass is 9.75. The quantitative estimate of drug-likeness (QED) is 0.111. The van der Waals surface area contributed by atoms with Crippen LogP contribution in [0.15, 0.2) is 150 Å². The highest BCUT2D eigenvalue weighted by Gasteiger charge is 2.37. The molecule has 11 rings (SSSR count). The van der Waals surface area contributed by atoms with Crippen molar-refractivity contribution in [1.29, 1.82) is 0 Å². The minimum Gasteiger partial charge on any atom is -0.468 e. The zero-order valence-corrected chi connectivity index (χ0v) is 34.4. The summed E-state index contributed by atoms with van der Waals surface area (Å²) >= 11 is 0. The minimum absolute atomic E-state index is 0.0510. The molecular weight excluding hydrogens is 723 g/mol. The maximum atomic E-state index is 12.0. The molecule has 4 heterocycles. The first-order valence-corrected chi connectivity index (χ1v) is 21.3. The lowest BCUT2D eigenvalue weighted by molar-refractivity contribution is -0.883. The van der Waals surface area contributed by atoms with Crippen LogP contribution in [0.5, 0.6) is 0 Å². The fourth-order valence-electron chi connectivity index (χ4n) is 9.33. The number of nitrogens with one attached hydrogen (secondary N) is 4. The molecule has 6 nitrogen and oxygen atoms in total. The van der Waals surface area contributed by atoms with E-state index in [1.54, 1.807) is 4.57 Å². The number of rotatable bonds is 2. The fraction of sp³-hybridized carbons (Fsp3) is 0.245. The fourth-order valence-corrected chi connectivity index (χ4v) is 9.33. The Morgan fingerprint density at radius 3 is 2.07 bits per heavy atom. The van der Waals surface area contributed by atoms with E-state index in [0.717, 1.165) is 68.6 Å². The Balaban J connectivity index is 0.000000110. The largest absolute Gasteiger partial charge is 0.468 e. The molecule has 302 valence electrons. The molecule has 6 heteroatoms. The predicted molar refractivity (Wildman–Crippen MR) is 245 cm³/mol. The first-order chi connectivity index (χ1) is 28.8. The van der Waals surface area contributed by atoms with Crippen molar-refractivity contribution < 1.29 is 14.7 Å². The van der Waals surface area contributed by atoms with Crippen LogP contribution in [0.1, 0.15) is 66.3 Å². The second-order valence-electron chi connectivity index (χ2n) is 16.8. The Morgan fingerprint density at radius 2 is 1.37 bits per heavy atom. The molecule has 1 aromatic heterocycles. The number of imidazole rings is 1. The predicted octanol–water partition coefficient (Wildman–Crippen LogP) is 7.01. The summed E-state index contributed by atoms with van der Waals surface area (Å²) in [7, 11) is 12.2. The summed E-state index contributed by atoms with van der Waals surface area (Å²) in [4.78, 5) is 18.8. The highest BCUT2D eigenvalue weighted by Crippen LogP contribution is 2.41. The van der Waals surface area contributed by atoms with E-state index < -0.39 is 0 Å². The third kappa shape index (κ3) is 9.21. The molecule has 0 radical (unpaired) electrons. The first kappa shape index (κ1) is 40.3. The molecule has 59 heavy (non-hydrogen) atoms. The van der Waals surface area contributed by atoms with Crippen molar-refractivity contribution >= 4 is 39.2 Å². The SMILES string of the molecule is C=C1CC=C(c2ccccc2)CC1.[CH2-][NH+]1CC=C(n2c(=O)[nH]c3ccccc32)CC1.[CH2-][NH+]1CCC2(C=Cc3ccccc32)CC1.[CH2-][NH+]1Cc2cccc3cccc(c23)C1. The van der Waals surface area contributed by atoms with Crippen molar-refractivity contribution in [3.63, 3.8) is 0 Å². The molecule has 1 atom stereocenters. The van der Waals surface area contributed by atoms with Gasteiger partial charge in [-0.1, -0.05) is 134 Å². The number of fused-ring (bicyclic) bond motifs is 3. The van der Waals surface area contributed by atoms with Gasteiger partial charge in [-0.05, 0) is 70.5 Å². The van der Waals surface area contributed by atoms with Crippen molar-refractivity contribution in [2.45, 2.75) is 57.0 Å². The summed E-state index contributed by atoms with van der Waals surface area (Å²) in [5, 5.41) is 2.83. The van der Waals surface area contributed by atoms with Crippen LogP contribution < -0.4 is 20.4 Å². The van der Waals surface area contributed by atoms with Gasteiger partial charge in [-0.2, -0.15) is 21.1 Å². The number of likely N-dealkylation sites (tertiary alicyclic amines) is 1. The summed E-state index contributed by atoms with van der Waals surface area (Å²) in [5.41, 5.74) is 13.3. The zero-order valence-electron chi connectivity index (χ0n) is 34.4. The number of hydrogen-bond acceptors (Lipinski definition) is 1. The minimum atomic E-state index is -0.0510. The average Bonchev–Trinajstić information content (AvgIpc) is 3.80. The molecule has 0 amide bonds. The molecule has 5 aliphatic rings. The van der Waals surface area contributed by atoms with Gasteiger partial charge in [0.05, 0.1) is 50.3 Å². The molecule has 0 bridgehead atoms. The van der Waals surface area contributed by atoms with Gasteiger partial charge in [0.15, 0.2) is 0 Å². The second-order valence-corrected chi connectivity index (χ2v) is 16.8. The first-order valence-electron chi connectivity index (χ1n) is 21.3. The molecule has 1 saturated heterocycles. The van der Waals surface area contributed by atoms with Crippen molar-refractivity contribution in [2.75, 3.05) is 26.2 Å². The Bertz CT molecular complexity index is 2520. The highest BCUT2D eigenvalue weighted by atomic mass is 16.1. The van der Waals surface area contributed by atoms with Crippen LogP contribution in [-0.4, -0.2) is 35.7 Å². The number of hydrogen-bond donors (Lipinski definition) is 4. The zero-order chi connectivity index (χ0) is 40.8. The Labute approximate surface area is 350 Å². The van der Waals surface area contributed by atoms with Gasteiger partial charge >= 0.3 is 5.69 Å². The third-order valence-corrected chi connectivity index (χ3v) is 12.7. The molecule has 1 spiro atoms. The number of aromatic nitrogens is 2. The summed E-state index contributed by atoms with van der Waals surface area (Å²) in [6.07, 6.45) is 15.9. The summed E-state index contributed by atoms with van der Waals surface area (Å²) in [6, 6.07) is 40.3. The van der Waals surface area contributed by atoms with E-state index in [2.05, 4.69) is 148 Å². The number of aromatic amines is 1. The Morgan fingerprint density at radius 1 is 0.678 bits per heavy atom.